The first-order valence-electron chi connectivity index (χ1n) is 11.0. The highest BCUT2D eigenvalue weighted by molar-refractivity contribution is 5.98. The highest BCUT2D eigenvalue weighted by Crippen LogP contribution is 2.32. The normalized spacial score (nSPS) is 12.8. The maximum atomic E-state index is 13.2. The van der Waals surface area contributed by atoms with Crippen molar-refractivity contribution in [2.75, 3.05) is 0 Å². The summed E-state index contributed by atoms with van der Waals surface area (Å²) in [6, 6.07) is 4.53. The van der Waals surface area contributed by atoms with Crippen LogP contribution in [0.1, 0.15) is 71.2 Å². The quantitative estimate of drug-likeness (QED) is 0.507. The van der Waals surface area contributed by atoms with Crippen LogP contribution in [0.2, 0.25) is 0 Å². The minimum absolute atomic E-state index is 0.117. The first kappa shape index (κ1) is 25.2. The van der Waals surface area contributed by atoms with Crippen LogP contribution in [0.5, 0.6) is 0 Å². The molecule has 1 atom stereocenters. The second-order valence-corrected chi connectivity index (χ2v) is 8.79. The summed E-state index contributed by atoms with van der Waals surface area (Å²) in [5, 5.41) is 7.08. The number of hydrogen-bond donors (Lipinski definition) is 2. The summed E-state index contributed by atoms with van der Waals surface area (Å²) in [5.74, 6) is -0.741. The van der Waals surface area contributed by atoms with Gasteiger partial charge in [0, 0.05) is 17.8 Å². The van der Waals surface area contributed by atoms with Gasteiger partial charge in [0.25, 0.3) is 5.91 Å². The number of alkyl halides is 3. The van der Waals surface area contributed by atoms with E-state index in [0.717, 1.165) is 23.4 Å². The number of primary amides is 1. The third-order valence-electron chi connectivity index (χ3n) is 5.73. The third-order valence-corrected chi connectivity index (χ3v) is 5.73. The van der Waals surface area contributed by atoms with Gasteiger partial charge in [0.05, 0.1) is 17.8 Å². The minimum atomic E-state index is -4.45. The summed E-state index contributed by atoms with van der Waals surface area (Å²) in [6.45, 7) is 7.49. The van der Waals surface area contributed by atoms with E-state index in [0.29, 0.717) is 29.7 Å². The standard InChI is InChI=1S/C24H28F3N5O2/c1-13(2)10-20(16-6-5-7-17(11-16)24(25,26)27)31-21(33)9-8-18-14(3)30-23-19(22(28)34)12-29-32(23)15(18)4/h5-7,11-13,20H,8-10H2,1-4H3,(H2,28,34)(H,31,33). The molecule has 182 valence electrons. The number of aromatic nitrogens is 3. The Balaban J connectivity index is 1.78. The molecule has 34 heavy (non-hydrogen) atoms. The molecule has 0 aliphatic rings. The van der Waals surface area contributed by atoms with Crippen LogP contribution in [0.25, 0.3) is 5.65 Å². The smallest absolute Gasteiger partial charge is 0.365 e. The summed E-state index contributed by atoms with van der Waals surface area (Å²) in [5.41, 5.74) is 7.82. The van der Waals surface area contributed by atoms with Crippen molar-refractivity contribution in [3.63, 3.8) is 0 Å². The predicted molar refractivity (Wildman–Crippen MR) is 121 cm³/mol. The van der Waals surface area contributed by atoms with E-state index in [4.69, 9.17) is 5.73 Å². The van der Waals surface area contributed by atoms with Gasteiger partial charge >= 0.3 is 6.18 Å². The molecule has 3 aromatic rings. The van der Waals surface area contributed by atoms with Crippen LogP contribution in [-0.2, 0) is 17.4 Å². The molecule has 10 heteroatoms. The zero-order valence-corrected chi connectivity index (χ0v) is 19.5. The lowest BCUT2D eigenvalue weighted by Gasteiger charge is -2.22. The lowest BCUT2D eigenvalue weighted by Crippen LogP contribution is -2.30. The summed E-state index contributed by atoms with van der Waals surface area (Å²) < 4.78 is 41.0. The average molecular weight is 476 g/mol. The predicted octanol–water partition coefficient (Wildman–Crippen LogP) is 4.30. The largest absolute Gasteiger partial charge is 0.416 e. The maximum Gasteiger partial charge on any atom is 0.416 e. The molecule has 2 amide bonds. The topological polar surface area (TPSA) is 102 Å². The molecule has 0 aliphatic heterocycles. The van der Waals surface area contributed by atoms with Gasteiger partial charge in [0.2, 0.25) is 5.91 Å². The molecular formula is C24H28F3N5O2. The molecule has 2 heterocycles. The van der Waals surface area contributed by atoms with E-state index < -0.39 is 23.7 Å². The number of rotatable bonds is 8. The molecule has 3 rings (SSSR count). The Morgan fingerprint density at radius 2 is 1.91 bits per heavy atom. The van der Waals surface area contributed by atoms with Crippen LogP contribution < -0.4 is 11.1 Å². The van der Waals surface area contributed by atoms with Crippen molar-refractivity contribution in [3.05, 3.63) is 64.1 Å². The number of nitrogens with zero attached hydrogens (tertiary/aromatic N) is 3. The van der Waals surface area contributed by atoms with E-state index in [-0.39, 0.29) is 23.8 Å². The van der Waals surface area contributed by atoms with Gasteiger partial charge in [-0.15, -0.1) is 0 Å². The van der Waals surface area contributed by atoms with Gasteiger partial charge in [-0.1, -0.05) is 26.0 Å². The fourth-order valence-electron chi connectivity index (χ4n) is 4.03. The fourth-order valence-corrected chi connectivity index (χ4v) is 4.03. The number of fused-ring (bicyclic) bond motifs is 1. The Kier molecular flexibility index (Phi) is 7.28. The molecule has 0 saturated carbocycles. The van der Waals surface area contributed by atoms with E-state index in [1.54, 1.807) is 13.0 Å². The van der Waals surface area contributed by atoms with Crippen molar-refractivity contribution < 1.29 is 22.8 Å². The first-order valence-corrected chi connectivity index (χ1v) is 11.0. The van der Waals surface area contributed by atoms with E-state index in [1.807, 2.05) is 20.8 Å². The number of carbonyl (C=O) groups is 2. The fraction of sp³-hybridized carbons (Fsp3) is 0.417. The van der Waals surface area contributed by atoms with Gasteiger partial charge < -0.3 is 11.1 Å². The lowest BCUT2D eigenvalue weighted by molar-refractivity contribution is -0.137. The molecule has 0 fully saturated rings. The van der Waals surface area contributed by atoms with Crippen molar-refractivity contribution in [2.24, 2.45) is 11.7 Å². The van der Waals surface area contributed by atoms with E-state index in [1.165, 1.54) is 16.8 Å². The Morgan fingerprint density at radius 1 is 1.21 bits per heavy atom. The SMILES string of the molecule is Cc1nc2c(C(N)=O)cnn2c(C)c1CCC(=O)NC(CC(C)C)c1cccc(C(F)(F)F)c1. The molecule has 3 N–H and O–H groups in total. The van der Waals surface area contributed by atoms with Gasteiger partial charge in [-0.2, -0.15) is 18.3 Å². The van der Waals surface area contributed by atoms with Crippen molar-refractivity contribution >= 4 is 17.5 Å². The molecule has 0 aliphatic carbocycles. The van der Waals surface area contributed by atoms with Crippen LogP contribution in [0.4, 0.5) is 13.2 Å². The Morgan fingerprint density at radius 3 is 2.53 bits per heavy atom. The molecular weight excluding hydrogens is 447 g/mol. The van der Waals surface area contributed by atoms with Crippen molar-refractivity contribution in [1.29, 1.82) is 0 Å². The van der Waals surface area contributed by atoms with Crippen LogP contribution in [0.15, 0.2) is 30.5 Å². The second-order valence-electron chi connectivity index (χ2n) is 8.79. The van der Waals surface area contributed by atoms with Crippen LogP contribution in [-0.4, -0.2) is 26.4 Å². The summed E-state index contributed by atoms with van der Waals surface area (Å²) in [7, 11) is 0. The minimum Gasteiger partial charge on any atom is -0.365 e. The van der Waals surface area contributed by atoms with Gasteiger partial charge in [-0.3, -0.25) is 9.59 Å². The number of hydrogen-bond acceptors (Lipinski definition) is 4. The highest BCUT2D eigenvalue weighted by atomic mass is 19.4. The Hall–Kier alpha value is -3.43. The molecule has 0 spiro atoms. The summed E-state index contributed by atoms with van der Waals surface area (Å²) in [4.78, 5) is 28.8. The third kappa shape index (κ3) is 5.55. The molecule has 0 bridgehead atoms. The number of nitrogens with one attached hydrogen (secondary N) is 1. The Bertz CT molecular complexity index is 1220. The van der Waals surface area contributed by atoms with E-state index in [9.17, 15) is 22.8 Å². The molecule has 2 aromatic heterocycles. The second kappa shape index (κ2) is 9.82. The maximum absolute atomic E-state index is 13.2. The molecule has 7 nitrogen and oxygen atoms in total. The van der Waals surface area contributed by atoms with Gasteiger partial charge in [0.1, 0.15) is 5.56 Å². The highest BCUT2D eigenvalue weighted by Gasteiger charge is 2.31. The zero-order valence-electron chi connectivity index (χ0n) is 19.5. The molecule has 1 unspecified atom stereocenters. The van der Waals surface area contributed by atoms with Gasteiger partial charge in [0.15, 0.2) is 5.65 Å². The van der Waals surface area contributed by atoms with Crippen LogP contribution in [0, 0.1) is 19.8 Å². The van der Waals surface area contributed by atoms with Crippen molar-refractivity contribution in [3.8, 4) is 0 Å². The number of carbonyl (C=O) groups excluding carboxylic acids is 2. The van der Waals surface area contributed by atoms with Gasteiger partial charge in [-0.05, 0) is 55.9 Å². The number of nitrogens with two attached hydrogens (primary N) is 1. The van der Waals surface area contributed by atoms with Crippen LogP contribution >= 0.6 is 0 Å². The van der Waals surface area contributed by atoms with Crippen molar-refractivity contribution in [2.45, 2.75) is 59.2 Å². The summed E-state index contributed by atoms with van der Waals surface area (Å²) in [6.07, 6.45) is -2.12. The Labute approximate surface area is 195 Å². The van der Waals surface area contributed by atoms with E-state index >= 15 is 0 Å². The monoisotopic (exact) mass is 475 g/mol. The number of halogens is 3. The number of aryl methyl sites for hydroxylation is 2. The zero-order chi connectivity index (χ0) is 25.2. The van der Waals surface area contributed by atoms with Gasteiger partial charge in [-0.25, -0.2) is 9.50 Å². The first-order chi connectivity index (χ1) is 15.9. The molecule has 1 aromatic carbocycles. The average Bonchev–Trinajstić information content (AvgIpc) is 3.16. The number of amides is 2. The molecule has 0 radical (unpaired) electrons. The van der Waals surface area contributed by atoms with E-state index in [2.05, 4.69) is 15.4 Å². The summed E-state index contributed by atoms with van der Waals surface area (Å²) >= 11 is 0. The van der Waals surface area contributed by atoms with Crippen molar-refractivity contribution in [1.82, 2.24) is 19.9 Å². The number of benzene rings is 1. The lowest BCUT2D eigenvalue weighted by atomic mass is 9.95. The molecule has 0 saturated heterocycles. The van der Waals surface area contributed by atoms with Crippen LogP contribution in [0.3, 0.4) is 0 Å².